The third-order valence-electron chi connectivity index (χ3n) is 3.92. The summed E-state index contributed by atoms with van der Waals surface area (Å²) < 4.78 is -1.13. The number of para-hydroxylation sites is 1. The third-order valence-corrected chi connectivity index (χ3v) is 5.28. The van der Waals surface area contributed by atoms with Gasteiger partial charge in [0, 0.05) is 18.0 Å². The Morgan fingerprint density at radius 2 is 2.00 bits per heavy atom. The molecule has 22 heavy (non-hydrogen) atoms. The predicted octanol–water partition coefficient (Wildman–Crippen LogP) is 1.95. The molecule has 5 nitrogen and oxygen atoms in total. The van der Waals surface area contributed by atoms with Gasteiger partial charge in [-0.1, -0.05) is 37.7 Å². The fraction of sp³-hybridized carbons (Fsp3) is 0.500. The fourth-order valence-electron chi connectivity index (χ4n) is 2.35. The Hall–Kier alpha value is -1.53. The molecule has 6 heteroatoms. The normalized spacial score (nSPS) is 20.5. The smallest absolute Gasteiger partial charge is 0.250 e. The van der Waals surface area contributed by atoms with Crippen LogP contribution in [0.5, 0.6) is 0 Å². The Morgan fingerprint density at radius 3 is 2.68 bits per heavy atom. The second kappa shape index (κ2) is 7.15. The SMILES string of the molecule is CCN(CC)CCNC(=O)C1(C)Sc2ccccc2NC1=O. The second-order valence-electron chi connectivity index (χ2n) is 5.37. The molecule has 0 aromatic heterocycles. The quantitative estimate of drug-likeness (QED) is 0.786. The molecule has 0 radical (unpaired) electrons. The summed E-state index contributed by atoms with van der Waals surface area (Å²) in [5.74, 6) is -0.506. The van der Waals surface area contributed by atoms with Gasteiger partial charge in [0.2, 0.25) is 11.8 Å². The Balaban J connectivity index is 2.01. The summed E-state index contributed by atoms with van der Waals surface area (Å²) in [6.45, 7) is 9.10. The number of carbonyl (C=O) groups excluding carboxylic acids is 2. The molecule has 1 aromatic carbocycles. The molecule has 0 aliphatic carbocycles. The van der Waals surface area contributed by atoms with E-state index in [0.29, 0.717) is 6.54 Å². The van der Waals surface area contributed by atoms with Crippen molar-refractivity contribution >= 4 is 29.3 Å². The van der Waals surface area contributed by atoms with E-state index in [9.17, 15) is 9.59 Å². The predicted molar refractivity (Wildman–Crippen MR) is 90.1 cm³/mol. The number of thioether (sulfide) groups is 1. The van der Waals surface area contributed by atoms with E-state index in [0.717, 1.165) is 30.2 Å². The number of likely N-dealkylation sites (N-methyl/N-ethyl adjacent to an activating group) is 1. The molecule has 0 spiro atoms. The maximum atomic E-state index is 12.5. The molecule has 0 saturated heterocycles. The maximum absolute atomic E-state index is 12.5. The van der Waals surface area contributed by atoms with Crippen LogP contribution in [-0.4, -0.2) is 47.6 Å². The number of hydrogen-bond donors (Lipinski definition) is 2. The summed E-state index contributed by atoms with van der Waals surface area (Å²) in [7, 11) is 0. The van der Waals surface area contributed by atoms with Gasteiger partial charge in [-0.05, 0) is 32.1 Å². The average molecular weight is 321 g/mol. The number of nitrogens with one attached hydrogen (secondary N) is 2. The Kier molecular flexibility index (Phi) is 5.47. The Morgan fingerprint density at radius 1 is 1.32 bits per heavy atom. The van der Waals surface area contributed by atoms with Gasteiger partial charge in [0.1, 0.15) is 0 Å². The van der Waals surface area contributed by atoms with Gasteiger partial charge in [-0.3, -0.25) is 9.59 Å². The van der Waals surface area contributed by atoms with Crippen LogP contribution in [-0.2, 0) is 9.59 Å². The van der Waals surface area contributed by atoms with Gasteiger partial charge in [-0.15, -0.1) is 0 Å². The molecule has 0 bridgehead atoms. The van der Waals surface area contributed by atoms with Crippen LogP contribution in [0, 0.1) is 0 Å². The van der Waals surface area contributed by atoms with Crippen LogP contribution in [0.25, 0.3) is 0 Å². The lowest BCUT2D eigenvalue weighted by molar-refractivity contribution is -0.129. The summed E-state index contributed by atoms with van der Waals surface area (Å²) in [6, 6.07) is 7.54. The molecule has 1 aliphatic heterocycles. The maximum Gasteiger partial charge on any atom is 0.250 e. The second-order valence-corrected chi connectivity index (χ2v) is 6.83. The van der Waals surface area contributed by atoms with E-state index >= 15 is 0 Å². The molecule has 1 aromatic rings. The van der Waals surface area contributed by atoms with Crippen molar-refractivity contribution < 1.29 is 9.59 Å². The van der Waals surface area contributed by atoms with Crippen LogP contribution in [0.15, 0.2) is 29.2 Å². The molecule has 1 unspecified atom stereocenters. The molecule has 1 heterocycles. The minimum absolute atomic E-state index is 0.239. The first-order valence-electron chi connectivity index (χ1n) is 7.61. The molecule has 0 fully saturated rings. The number of hydrogen-bond acceptors (Lipinski definition) is 4. The van der Waals surface area contributed by atoms with E-state index in [1.54, 1.807) is 6.92 Å². The molecule has 120 valence electrons. The van der Waals surface area contributed by atoms with E-state index < -0.39 is 4.75 Å². The molecule has 2 N–H and O–H groups in total. The topological polar surface area (TPSA) is 61.4 Å². The number of benzene rings is 1. The van der Waals surface area contributed by atoms with Crippen molar-refractivity contribution in [2.24, 2.45) is 0 Å². The van der Waals surface area contributed by atoms with E-state index in [1.807, 2.05) is 24.3 Å². The van der Waals surface area contributed by atoms with Crippen LogP contribution >= 0.6 is 11.8 Å². The van der Waals surface area contributed by atoms with E-state index in [4.69, 9.17) is 0 Å². The van der Waals surface area contributed by atoms with E-state index in [-0.39, 0.29) is 11.8 Å². The van der Waals surface area contributed by atoms with Crippen molar-refractivity contribution in [1.29, 1.82) is 0 Å². The van der Waals surface area contributed by atoms with E-state index in [2.05, 4.69) is 29.4 Å². The molecule has 2 amide bonds. The largest absolute Gasteiger partial charge is 0.353 e. The Bertz CT molecular complexity index is 560. The number of fused-ring (bicyclic) bond motifs is 1. The summed E-state index contributed by atoms with van der Waals surface area (Å²) >= 11 is 1.31. The van der Waals surface area contributed by atoms with Crippen molar-refractivity contribution in [3.05, 3.63) is 24.3 Å². The zero-order valence-electron chi connectivity index (χ0n) is 13.3. The van der Waals surface area contributed by atoms with Gasteiger partial charge >= 0.3 is 0 Å². The van der Waals surface area contributed by atoms with Gasteiger partial charge in [0.15, 0.2) is 4.75 Å². The molecular formula is C16H23N3O2S. The van der Waals surface area contributed by atoms with Crippen molar-refractivity contribution in [2.75, 3.05) is 31.5 Å². The van der Waals surface area contributed by atoms with Crippen LogP contribution in [0.3, 0.4) is 0 Å². The summed E-state index contributed by atoms with van der Waals surface area (Å²) in [6.07, 6.45) is 0. The summed E-state index contributed by atoms with van der Waals surface area (Å²) in [5.41, 5.74) is 0.769. The monoisotopic (exact) mass is 321 g/mol. The molecule has 1 atom stereocenters. The number of nitrogens with zero attached hydrogens (tertiary/aromatic N) is 1. The standard InChI is InChI=1S/C16H23N3O2S/c1-4-19(5-2)11-10-17-14(20)16(3)15(21)18-12-8-6-7-9-13(12)22-16/h6-9H,4-5,10-11H2,1-3H3,(H,17,20)(H,18,21). The zero-order valence-corrected chi connectivity index (χ0v) is 14.1. The van der Waals surface area contributed by atoms with Crippen molar-refractivity contribution in [3.8, 4) is 0 Å². The first kappa shape index (κ1) is 16.8. The number of carbonyl (C=O) groups is 2. The van der Waals surface area contributed by atoms with E-state index in [1.165, 1.54) is 11.8 Å². The van der Waals surface area contributed by atoms with Crippen LogP contribution in [0.4, 0.5) is 5.69 Å². The molecular weight excluding hydrogens is 298 g/mol. The summed E-state index contributed by atoms with van der Waals surface area (Å²) in [4.78, 5) is 28.0. The van der Waals surface area contributed by atoms with Crippen molar-refractivity contribution in [3.63, 3.8) is 0 Å². The zero-order chi connectivity index (χ0) is 16.2. The van der Waals surface area contributed by atoms with Crippen LogP contribution in [0.1, 0.15) is 20.8 Å². The molecule has 2 rings (SSSR count). The highest BCUT2D eigenvalue weighted by atomic mass is 32.2. The molecule has 0 saturated carbocycles. The van der Waals surface area contributed by atoms with Crippen LogP contribution in [0.2, 0.25) is 0 Å². The lowest BCUT2D eigenvalue weighted by Gasteiger charge is -2.32. The Labute approximate surface area is 135 Å². The first-order valence-corrected chi connectivity index (χ1v) is 8.43. The van der Waals surface area contributed by atoms with Crippen molar-refractivity contribution in [2.45, 2.75) is 30.4 Å². The lowest BCUT2D eigenvalue weighted by atomic mass is 10.1. The van der Waals surface area contributed by atoms with Gasteiger partial charge in [0.05, 0.1) is 5.69 Å². The average Bonchev–Trinajstić information content (AvgIpc) is 2.52. The van der Waals surface area contributed by atoms with Crippen LogP contribution < -0.4 is 10.6 Å². The lowest BCUT2D eigenvalue weighted by Crippen LogP contribution is -2.53. The van der Waals surface area contributed by atoms with Gasteiger partial charge < -0.3 is 15.5 Å². The number of anilines is 1. The highest BCUT2D eigenvalue weighted by Crippen LogP contribution is 2.42. The number of rotatable bonds is 6. The third kappa shape index (κ3) is 3.44. The van der Waals surface area contributed by atoms with Gasteiger partial charge in [0.25, 0.3) is 0 Å². The first-order chi connectivity index (χ1) is 10.5. The minimum Gasteiger partial charge on any atom is -0.353 e. The number of amides is 2. The molecule has 1 aliphatic rings. The highest BCUT2D eigenvalue weighted by Gasteiger charge is 2.45. The fourth-order valence-corrected chi connectivity index (χ4v) is 3.48. The van der Waals surface area contributed by atoms with Crippen molar-refractivity contribution in [1.82, 2.24) is 10.2 Å². The van der Waals surface area contributed by atoms with Gasteiger partial charge in [-0.25, -0.2) is 0 Å². The minimum atomic E-state index is -1.13. The highest BCUT2D eigenvalue weighted by molar-refractivity contribution is 8.02. The van der Waals surface area contributed by atoms with Gasteiger partial charge in [-0.2, -0.15) is 0 Å². The summed E-state index contributed by atoms with van der Waals surface area (Å²) in [5, 5.41) is 5.71.